The molecule has 10 N–H and O–H groups in total. The van der Waals surface area contributed by atoms with Crippen molar-refractivity contribution < 1.29 is 127 Å². The number of carbonyl (C=O) groups excluding carboxylic acids is 4. The summed E-state index contributed by atoms with van der Waals surface area (Å²) in [6.07, 6.45) is -3.59. The highest BCUT2D eigenvalue weighted by Crippen LogP contribution is 2.35. The third kappa shape index (κ3) is 32.7. The Hall–Kier alpha value is -12.8. The first-order chi connectivity index (χ1) is 54.8. The van der Waals surface area contributed by atoms with Gasteiger partial charge in [0.1, 0.15) is 37.8 Å². The number of carboxylic acid groups (broad SMARTS) is 2. The monoisotopic (exact) mass is 1600 g/mol. The lowest BCUT2D eigenvalue weighted by Crippen LogP contribution is -2.34. The van der Waals surface area contributed by atoms with E-state index in [2.05, 4.69) is 0 Å². The number of rotatable bonds is 31. The van der Waals surface area contributed by atoms with Gasteiger partial charge in [0.15, 0.2) is 107 Å². The molecule has 26 nitrogen and oxygen atoms in total. The van der Waals surface area contributed by atoms with E-state index in [0.717, 1.165) is 50.8 Å². The predicted molar refractivity (Wildman–Crippen MR) is 439 cm³/mol. The van der Waals surface area contributed by atoms with Crippen molar-refractivity contribution >= 4 is 37.1 Å². The molecule has 0 bridgehead atoms. The van der Waals surface area contributed by atoms with E-state index in [-0.39, 0.29) is 43.1 Å². The van der Waals surface area contributed by atoms with Crippen LogP contribution in [0.15, 0.2) is 218 Å². The summed E-state index contributed by atoms with van der Waals surface area (Å²) in [7, 11) is 9.17. The molecule has 0 spiro atoms. The van der Waals surface area contributed by atoms with Gasteiger partial charge in [-0.05, 0) is 195 Å². The van der Waals surface area contributed by atoms with Crippen molar-refractivity contribution in [3.8, 4) is 69.0 Å². The Morgan fingerprint density at radius 1 is 0.345 bits per heavy atom. The lowest BCUT2D eigenvalue weighted by atomic mass is 9.99. The second-order valence-electron chi connectivity index (χ2n) is 24.8. The van der Waals surface area contributed by atoms with Gasteiger partial charge in [0, 0.05) is 5.56 Å². The number of ether oxygens (including phenoxy) is 12. The lowest BCUT2D eigenvalue weighted by molar-refractivity contribution is -0.151. The molecule has 0 saturated carbocycles. The molecule has 622 valence electrons. The van der Waals surface area contributed by atoms with Crippen molar-refractivity contribution in [2.45, 2.75) is 92.0 Å². The Morgan fingerprint density at radius 3 is 0.940 bits per heavy atom. The first-order valence-electron chi connectivity index (χ1n) is 35.6. The number of benzene rings is 10. The Labute approximate surface area is 676 Å². The molecule has 0 amide bonds. The van der Waals surface area contributed by atoms with Crippen LogP contribution >= 0.6 is 0 Å². The molecule has 26 heteroatoms. The number of para-hydroxylation sites is 12. The third-order valence-electron chi connectivity index (χ3n) is 17.0. The minimum Gasteiger partial charge on any atom is -0.493 e. The van der Waals surface area contributed by atoms with Crippen molar-refractivity contribution in [1.82, 2.24) is 0 Å². The van der Waals surface area contributed by atoms with Crippen LogP contribution in [0.1, 0.15) is 89.9 Å². The topological polar surface area (TPSA) is 398 Å². The number of hydrogen-bond acceptors (Lipinski definition) is 22. The van der Waals surface area contributed by atoms with Gasteiger partial charge in [0.25, 0.3) is 0 Å². The number of aliphatic carboxylic acids is 2. The zero-order valence-corrected chi connectivity index (χ0v) is 67.4. The molecule has 10 aromatic carbocycles. The maximum Gasteiger partial charge on any atom is 0.348 e. The first kappa shape index (κ1) is 99.3. The normalized spacial score (nSPS) is 11.4. The number of carbonyl (C=O) groups is 6. The molecule has 0 heterocycles. The molecule has 0 aliphatic rings. The van der Waals surface area contributed by atoms with Crippen molar-refractivity contribution in [3.05, 3.63) is 285 Å². The minimum absolute atomic E-state index is 0. The molecule has 116 heavy (non-hydrogen) atoms. The molecular formula is C90H106O26. The highest BCUT2D eigenvalue weighted by molar-refractivity contribution is 5.75. The Balaban J connectivity index is 0.000000468. The molecule has 10 aromatic rings. The third-order valence-corrected chi connectivity index (χ3v) is 17.0. The molecule has 0 aromatic heterocycles. The zero-order valence-electron chi connectivity index (χ0n) is 67.4. The van der Waals surface area contributed by atoms with Crippen LogP contribution in [0.25, 0.3) is 0 Å². The van der Waals surface area contributed by atoms with Gasteiger partial charge in [0.2, 0.25) is 6.10 Å². The van der Waals surface area contributed by atoms with E-state index < -0.39 is 48.6 Å². The maximum absolute atomic E-state index is 11.5. The fraction of sp³-hybridized carbons (Fsp3) is 0.267. The summed E-state index contributed by atoms with van der Waals surface area (Å²) in [5.74, 6) is 3.84. The van der Waals surface area contributed by atoms with Crippen molar-refractivity contribution in [3.63, 3.8) is 0 Å². The van der Waals surface area contributed by atoms with E-state index in [9.17, 15) is 54.3 Å². The number of aryl methyl sites for hydroxylation is 8. The second kappa shape index (κ2) is 54.0. The zero-order chi connectivity index (χ0) is 84.1. The average Bonchev–Trinajstić information content (AvgIpc) is 0.840. The van der Waals surface area contributed by atoms with Gasteiger partial charge in [-0.25, -0.2) is 9.59 Å². The molecule has 0 radical (unpaired) electrons. The van der Waals surface area contributed by atoms with Gasteiger partial charge in [0.05, 0.1) is 49.3 Å². The van der Waals surface area contributed by atoms with Crippen molar-refractivity contribution in [1.29, 1.82) is 0 Å². The molecule has 0 aliphatic heterocycles. The number of hydrogen-bond donors (Lipinski definition) is 6. The summed E-state index contributed by atoms with van der Waals surface area (Å²) in [5, 5.41) is 58.7. The van der Waals surface area contributed by atoms with Crippen LogP contribution < -0.4 is 56.8 Å². The standard InChI is InChI=1S/C18H20O5.C18H22O4.C18H20O4.C9H10O4.2C9H10O3.C9H10O.2H2O/c1-11-8-9-13(10-12(11)2)16(19)17(18(20)21)23-15-7-5-4-6-14(15)22-3;2*1-12-8-9-14(10-13(12)2)18(20)17(11-19)22-16-7-5-4-6-15(16)21-3;1-12-7-4-2-3-5-8(7)13-6-9(10)11;2*1-11-8-4-2-3-5-9(8)12-7-6-10;1-7-3-4-9(6-10)5-8(7)2;;/h4-10,16-17,19H,1-3H3,(H,20,21);4-10,17-20H,11H2,1-3H3;4-11,17-18,20H,1-3H3;2-5H,6H2,1H3,(H,10,11);2*2-6H,7H2,1H3;3-6H,1-2H3;2*1H2. The quantitative estimate of drug-likeness (QED) is 0.0220. The number of aldehydes is 4. The molecular weight excluding hydrogens is 1500 g/mol. The first-order valence-corrected chi connectivity index (χ1v) is 35.6. The van der Waals surface area contributed by atoms with Crippen LogP contribution in [0.5, 0.6) is 69.0 Å². The van der Waals surface area contributed by atoms with Crippen LogP contribution in [0.3, 0.4) is 0 Å². The lowest BCUT2D eigenvalue weighted by Gasteiger charge is -2.24. The molecule has 0 fully saturated rings. The molecule has 0 aliphatic carbocycles. The van der Waals surface area contributed by atoms with Crippen LogP contribution in [-0.2, 0) is 24.0 Å². The van der Waals surface area contributed by atoms with E-state index in [1.54, 1.807) is 149 Å². The van der Waals surface area contributed by atoms with Crippen LogP contribution in [0, 0.1) is 55.4 Å². The van der Waals surface area contributed by atoms with Crippen LogP contribution in [0.4, 0.5) is 0 Å². The fourth-order valence-corrected chi connectivity index (χ4v) is 10.1. The van der Waals surface area contributed by atoms with Gasteiger partial charge < -0.3 is 98.4 Å². The Kier molecular flexibility index (Phi) is 46.2. The summed E-state index contributed by atoms with van der Waals surface area (Å²) in [5.41, 5.74) is 11.5. The van der Waals surface area contributed by atoms with E-state index in [1.807, 2.05) is 146 Å². The summed E-state index contributed by atoms with van der Waals surface area (Å²) in [6, 6.07) is 64.5. The minimum atomic E-state index is -1.44. The number of aliphatic hydroxyl groups is 4. The molecule has 0 saturated heterocycles. The predicted octanol–water partition coefficient (Wildman–Crippen LogP) is 12.8. The van der Waals surface area contributed by atoms with E-state index >= 15 is 0 Å². The highest BCUT2D eigenvalue weighted by Gasteiger charge is 2.32. The Bertz CT molecular complexity index is 4550. The van der Waals surface area contributed by atoms with Gasteiger partial charge in [-0.3, -0.25) is 19.2 Å². The summed E-state index contributed by atoms with van der Waals surface area (Å²) in [4.78, 5) is 63.4. The number of carboxylic acids is 2. The fourth-order valence-electron chi connectivity index (χ4n) is 10.1. The highest BCUT2D eigenvalue weighted by atomic mass is 16.6. The molecule has 10 rings (SSSR count). The van der Waals surface area contributed by atoms with Gasteiger partial charge in [-0.2, -0.15) is 0 Å². The Morgan fingerprint density at radius 2 is 0.638 bits per heavy atom. The number of aliphatic hydroxyl groups excluding tert-OH is 4. The van der Waals surface area contributed by atoms with E-state index in [0.29, 0.717) is 93.2 Å². The molecule has 6 unspecified atom stereocenters. The van der Waals surface area contributed by atoms with Gasteiger partial charge >= 0.3 is 11.9 Å². The van der Waals surface area contributed by atoms with Crippen molar-refractivity contribution in [2.24, 2.45) is 0 Å². The largest absolute Gasteiger partial charge is 0.493 e. The van der Waals surface area contributed by atoms with Crippen LogP contribution in [-0.4, -0.2) is 166 Å². The van der Waals surface area contributed by atoms with Gasteiger partial charge in [-0.1, -0.05) is 140 Å². The molecule has 6 atom stereocenters. The van der Waals surface area contributed by atoms with E-state index in [4.69, 9.17) is 61.9 Å². The second-order valence-corrected chi connectivity index (χ2v) is 24.8. The van der Waals surface area contributed by atoms with E-state index in [1.165, 1.54) is 32.5 Å². The van der Waals surface area contributed by atoms with Crippen molar-refractivity contribution in [2.75, 3.05) is 69.1 Å². The summed E-state index contributed by atoms with van der Waals surface area (Å²) in [6.45, 7) is 15.3. The number of methoxy groups -OCH3 is 6. The summed E-state index contributed by atoms with van der Waals surface area (Å²) >= 11 is 0. The summed E-state index contributed by atoms with van der Waals surface area (Å²) < 4.78 is 62.5. The smallest absolute Gasteiger partial charge is 0.348 e. The van der Waals surface area contributed by atoms with Gasteiger partial charge in [-0.15, -0.1) is 0 Å². The van der Waals surface area contributed by atoms with Crippen LogP contribution in [0.2, 0.25) is 0 Å². The SMILES string of the molecule is COc1ccccc1OC(C(=O)O)C(O)c1ccc(C)c(C)c1.COc1ccccc1OC(C=O)C(O)c1ccc(C)c(C)c1.COc1ccccc1OC(CO)C(O)c1ccc(C)c(C)c1.COc1ccccc1OCC(=O)O.COc1ccccc1OCC=O.COc1ccccc1OCC=O.Cc1ccc(C=O)cc1C.O.O. The average molecular weight is 1600 g/mol. The maximum atomic E-state index is 11.5.